The lowest BCUT2D eigenvalue weighted by atomic mass is 10.1. The van der Waals surface area contributed by atoms with Gasteiger partial charge in [-0.2, -0.15) is 0 Å². The van der Waals surface area contributed by atoms with Crippen LogP contribution in [0.1, 0.15) is 37.0 Å². The SMILES string of the molecule is COC(=O)Cc1ccc(OC2CCCC2)c2oc(C)cc12. The summed E-state index contributed by atoms with van der Waals surface area (Å²) in [7, 11) is 1.40. The highest BCUT2D eigenvalue weighted by atomic mass is 16.5. The maximum absolute atomic E-state index is 11.5. The number of aryl methyl sites for hydroxylation is 1. The van der Waals surface area contributed by atoms with Gasteiger partial charge in [-0.3, -0.25) is 4.79 Å². The minimum atomic E-state index is -0.250. The lowest BCUT2D eigenvalue weighted by Crippen LogP contribution is -2.11. The number of hydrogen-bond acceptors (Lipinski definition) is 4. The summed E-state index contributed by atoms with van der Waals surface area (Å²) in [6.07, 6.45) is 5.19. The van der Waals surface area contributed by atoms with E-state index in [9.17, 15) is 4.79 Å². The Morgan fingerprint density at radius 3 is 2.81 bits per heavy atom. The van der Waals surface area contributed by atoms with Gasteiger partial charge in [0.15, 0.2) is 11.3 Å². The molecular weight excluding hydrogens is 268 g/mol. The Bertz CT molecular complexity index is 650. The number of methoxy groups -OCH3 is 1. The molecule has 0 radical (unpaired) electrons. The Kier molecular flexibility index (Phi) is 3.86. The maximum atomic E-state index is 11.5. The molecule has 4 nitrogen and oxygen atoms in total. The molecule has 4 heteroatoms. The van der Waals surface area contributed by atoms with Crippen LogP contribution in [0.2, 0.25) is 0 Å². The summed E-state index contributed by atoms with van der Waals surface area (Å²) in [6.45, 7) is 1.90. The van der Waals surface area contributed by atoms with Crippen LogP contribution in [0.5, 0.6) is 5.75 Å². The third-order valence-corrected chi connectivity index (χ3v) is 4.02. The molecule has 0 amide bonds. The summed E-state index contributed by atoms with van der Waals surface area (Å²) >= 11 is 0. The van der Waals surface area contributed by atoms with Gasteiger partial charge in [-0.1, -0.05) is 6.07 Å². The molecule has 0 atom stereocenters. The number of furan rings is 1. The van der Waals surface area contributed by atoms with Gasteiger partial charge in [0.25, 0.3) is 0 Å². The van der Waals surface area contributed by atoms with Crippen molar-refractivity contribution in [3.63, 3.8) is 0 Å². The average molecular weight is 288 g/mol. The van der Waals surface area contributed by atoms with Gasteiger partial charge in [0.1, 0.15) is 5.76 Å². The Hall–Kier alpha value is -1.97. The van der Waals surface area contributed by atoms with E-state index in [1.165, 1.54) is 20.0 Å². The first-order valence-corrected chi connectivity index (χ1v) is 7.43. The van der Waals surface area contributed by atoms with E-state index in [0.717, 1.165) is 40.9 Å². The van der Waals surface area contributed by atoms with E-state index in [1.54, 1.807) is 0 Å². The Morgan fingerprint density at radius 1 is 1.33 bits per heavy atom. The van der Waals surface area contributed by atoms with Gasteiger partial charge >= 0.3 is 5.97 Å². The second kappa shape index (κ2) is 5.80. The van der Waals surface area contributed by atoms with E-state index in [-0.39, 0.29) is 18.5 Å². The van der Waals surface area contributed by atoms with Gasteiger partial charge in [0.2, 0.25) is 0 Å². The number of rotatable bonds is 4. The predicted molar refractivity (Wildman–Crippen MR) is 79.6 cm³/mol. The molecule has 2 aromatic rings. The van der Waals surface area contributed by atoms with Crippen molar-refractivity contribution in [2.24, 2.45) is 0 Å². The first-order valence-electron chi connectivity index (χ1n) is 7.43. The molecule has 0 aliphatic heterocycles. The lowest BCUT2D eigenvalue weighted by molar-refractivity contribution is -0.139. The number of hydrogen-bond donors (Lipinski definition) is 0. The van der Waals surface area contributed by atoms with Gasteiger partial charge in [-0.25, -0.2) is 0 Å². The smallest absolute Gasteiger partial charge is 0.310 e. The van der Waals surface area contributed by atoms with Crippen LogP contribution < -0.4 is 4.74 Å². The second-order valence-electron chi connectivity index (χ2n) is 5.60. The molecule has 1 aliphatic rings. The highest BCUT2D eigenvalue weighted by molar-refractivity contribution is 5.90. The number of carbonyl (C=O) groups is 1. The Morgan fingerprint density at radius 2 is 2.10 bits per heavy atom. The van der Waals surface area contributed by atoms with Crippen molar-refractivity contribution in [2.45, 2.75) is 45.1 Å². The molecule has 1 aliphatic carbocycles. The van der Waals surface area contributed by atoms with Crippen LogP contribution in [0.15, 0.2) is 22.6 Å². The van der Waals surface area contributed by atoms with Crippen LogP contribution in [0.25, 0.3) is 11.0 Å². The van der Waals surface area contributed by atoms with Crippen molar-refractivity contribution in [3.8, 4) is 5.75 Å². The van der Waals surface area contributed by atoms with Crippen LogP contribution >= 0.6 is 0 Å². The Balaban J connectivity index is 1.95. The fraction of sp³-hybridized carbons (Fsp3) is 0.471. The monoisotopic (exact) mass is 288 g/mol. The zero-order valence-electron chi connectivity index (χ0n) is 12.5. The molecule has 0 spiro atoms. The van der Waals surface area contributed by atoms with E-state index in [0.29, 0.717) is 0 Å². The fourth-order valence-electron chi connectivity index (χ4n) is 2.94. The summed E-state index contributed by atoms with van der Waals surface area (Å²) in [6, 6.07) is 5.79. The molecule has 0 bridgehead atoms. The zero-order valence-corrected chi connectivity index (χ0v) is 12.5. The number of fused-ring (bicyclic) bond motifs is 1. The molecular formula is C17H20O4. The molecule has 112 valence electrons. The fourth-order valence-corrected chi connectivity index (χ4v) is 2.94. The first kappa shape index (κ1) is 14.0. The second-order valence-corrected chi connectivity index (χ2v) is 5.60. The largest absolute Gasteiger partial charge is 0.486 e. The van der Waals surface area contributed by atoms with E-state index < -0.39 is 0 Å². The molecule has 1 fully saturated rings. The minimum absolute atomic E-state index is 0.246. The highest BCUT2D eigenvalue weighted by Crippen LogP contribution is 2.34. The first-order chi connectivity index (χ1) is 10.2. The Labute approximate surface area is 124 Å². The minimum Gasteiger partial charge on any atom is -0.486 e. The maximum Gasteiger partial charge on any atom is 0.310 e. The van der Waals surface area contributed by atoms with Crippen molar-refractivity contribution in [1.29, 1.82) is 0 Å². The number of ether oxygens (including phenoxy) is 2. The van der Waals surface area contributed by atoms with Crippen LogP contribution in [-0.2, 0) is 16.0 Å². The number of esters is 1. The quantitative estimate of drug-likeness (QED) is 0.803. The van der Waals surface area contributed by atoms with E-state index in [2.05, 4.69) is 0 Å². The van der Waals surface area contributed by atoms with Crippen LogP contribution in [0, 0.1) is 6.92 Å². The van der Waals surface area contributed by atoms with Crippen LogP contribution in [0.3, 0.4) is 0 Å². The van der Waals surface area contributed by atoms with E-state index >= 15 is 0 Å². The van der Waals surface area contributed by atoms with Gasteiger partial charge in [0.05, 0.1) is 19.6 Å². The van der Waals surface area contributed by atoms with E-state index in [4.69, 9.17) is 13.9 Å². The number of carbonyl (C=O) groups excluding carboxylic acids is 1. The molecule has 21 heavy (non-hydrogen) atoms. The molecule has 1 heterocycles. The standard InChI is InChI=1S/C17H20O4/c1-11-9-14-12(10-16(18)19-2)7-8-15(17(14)20-11)21-13-5-3-4-6-13/h7-9,13H,3-6,10H2,1-2H3. The molecule has 0 N–H and O–H groups in total. The number of benzene rings is 1. The highest BCUT2D eigenvalue weighted by Gasteiger charge is 2.20. The molecule has 1 saturated carbocycles. The topological polar surface area (TPSA) is 48.7 Å². The normalized spacial score (nSPS) is 15.5. The summed E-state index contributed by atoms with van der Waals surface area (Å²) in [4.78, 5) is 11.5. The van der Waals surface area contributed by atoms with Crippen molar-refractivity contribution in [1.82, 2.24) is 0 Å². The lowest BCUT2D eigenvalue weighted by Gasteiger charge is -2.14. The van der Waals surface area contributed by atoms with Crippen LogP contribution in [-0.4, -0.2) is 19.2 Å². The van der Waals surface area contributed by atoms with Gasteiger partial charge in [0, 0.05) is 5.39 Å². The average Bonchev–Trinajstić information content (AvgIpc) is 3.10. The molecule has 3 rings (SSSR count). The van der Waals surface area contributed by atoms with Gasteiger partial charge in [-0.15, -0.1) is 0 Å². The van der Waals surface area contributed by atoms with Crippen molar-refractivity contribution in [2.75, 3.05) is 7.11 Å². The van der Waals surface area contributed by atoms with Gasteiger partial charge in [-0.05, 0) is 50.3 Å². The third-order valence-electron chi connectivity index (χ3n) is 4.02. The zero-order chi connectivity index (χ0) is 14.8. The molecule has 1 aromatic heterocycles. The summed E-state index contributed by atoms with van der Waals surface area (Å²) < 4.78 is 16.6. The summed E-state index contributed by atoms with van der Waals surface area (Å²) in [5.41, 5.74) is 1.65. The summed E-state index contributed by atoms with van der Waals surface area (Å²) in [5, 5.41) is 0.938. The molecule has 0 unspecified atom stereocenters. The third kappa shape index (κ3) is 2.89. The molecule has 0 saturated heterocycles. The van der Waals surface area contributed by atoms with Crippen molar-refractivity contribution < 1.29 is 18.7 Å². The van der Waals surface area contributed by atoms with E-state index in [1.807, 2.05) is 25.1 Å². The molecule has 1 aromatic carbocycles. The van der Waals surface area contributed by atoms with Crippen molar-refractivity contribution in [3.05, 3.63) is 29.5 Å². The summed E-state index contributed by atoms with van der Waals surface area (Å²) in [5.74, 6) is 1.34. The van der Waals surface area contributed by atoms with Crippen molar-refractivity contribution >= 4 is 16.9 Å². The van der Waals surface area contributed by atoms with Crippen LogP contribution in [0.4, 0.5) is 0 Å². The predicted octanol–water partition coefficient (Wildman–Crippen LogP) is 3.78. The van der Waals surface area contributed by atoms with Gasteiger partial charge < -0.3 is 13.9 Å².